The van der Waals surface area contributed by atoms with Crippen LogP contribution in [0.1, 0.15) is 4.88 Å². The van der Waals surface area contributed by atoms with Gasteiger partial charge in [0, 0.05) is 15.9 Å². The minimum absolute atomic E-state index is 0.190. The Morgan fingerprint density at radius 3 is 2.72 bits per heavy atom. The molecule has 0 unspecified atom stereocenters. The maximum Gasteiger partial charge on any atom is 0.240 e. The van der Waals surface area contributed by atoms with Gasteiger partial charge in [-0.3, -0.25) is 0 Å². The molecule has 18 heavy (non-hydrogen) atoms. The van der Waals surface area contributed by atoms with Gasteiger partial charge in [-0.2, -0.15) is 0 Å². The van der Waals surface area contributed by atoms with Crippen molar-refractivity contribution in [3.05, 3.63) is 50.1 Å². The Kier molecular flexibility index (Phi) is 4.45. The van der Waals surface area contributed by atoms with Crippen molar-refractivity contribution in [2.45, 2.75) is 11.4 Å². The van der Waals surface area contributed by atoms with E-state index in [1.54, 1.807) is 6.07 Å². The molecule has 0 atom stereocenters. The molecule has 7 heteroatoms. The van der Waals surface area contributed by atoms with Crippen molar-refractivity contribution in [1.82, 2.24) is 4.72 Å². The fourth-order valence-corrected chi connectivity index (χ4v) is 3.72. The van der Waals surface area contributed by atoms with E-state index in [4.69, 9.17) is 11.6 Å². The average molecular weight is 367 g/mol. The average Bonchev–Trinajstić information content (AvgIpc) is 2.83. The molecule has 0 saturated carbocycles. The van der Waals surface area contributed by atoms with E-state index in [0.717, 1.165) is 4.88 Å². The predicted octanol–water partition coefficient (Wildman–Crippen LogP) is 3.64. The zero-order valence-electron chi connectivity index (χ0n) is 9.06. The molecule has 1 N–H and O–H groups in total. The molecule has 0 aliphatic rings. The van der Waals surface area contributed by atoms with Crippen LogP contribution in [0.3, 0.4) is 0 Å². The zero-order chi connectivity index (χ0) is 13.2. The molecule has 96 valence electrons. The van der Waals surface area contributed by atoms with Crippen LogP contribution in [0.5, 0.6) is 0 Å². The van der Waals surface area contributed by atoms with Crippen LogP contribution < -0.4 is 4.72 Å². The van der Waals surface area contributed by atoms with Gasteiger partial charge in [0.15, 0.2) is 0 Å². The molecule has 2 aromatic rings. The number of sulfonamides is 1. The maximum atomic E-state index is 12.0. The van der Waals surface area contributed by atoms with Gasteiger partial charge < -0.3 is 0 Å². The first-order valence-electron chi connectivity index (χ1n) is 4.96. The van der Waals surface area contributed by atoms with E-state index < -0.39 is 10.0 Å². The summed E-state index contributed by atoms with van der Waals surface area (Å²) in [6.07, 6.45) is 0. The van der Waals surface area contributed by atoms with E-state index in [0.29, 0.717) is 16.0 Å². The number of hydrogen-bond donors (Lipinski definition) is 1. The summed E-state index contributed by atoms with van der Waals surface area (Å²) in [6.45, 7) is 0.292. The highest BCUT2D eigenvalue weighted by Gasteiger charge is 2.15. The van der Waals surface area contributed by atoms with Crippen molar-refractivity contribution < 1.29 is 8.42 Å². The van der Waals surface area contributed by atoms with Gasteiger partial charge >= 0.3 is 0 Å². The molecule has 0 bridgehead atoms. The summed E-state index contributed by atoms with van der Waals surface area (Å²) in [7, 11) is -3.51. The number of halogens is 2. The molecule has 1 aromatic carbocycles. The van der Waals surface area contributed by atoms with Crippen LogP contribution in [0, 0.1) is 0 Å². The molecular weight excluding hydrogens is 358 g/mol. The Balaban J connectivity index is 2.17. The molecule has 1 heterocycles. The molecule has 0 aliphatic carbocycles. The van der Waals surface area contributed by atoms with E-state index in [1.807, 2.05) is 17.5 Å². The van der Waals surface area contributed by atoms with E-state index in [9.17, 15) is 8.42 Å². The summed E-state index contributed by atoms with van der Waals surface area (Å²) in [4.78, 5) is 1.15. The number of nitrogens with one attached hydrogen (secondary N) is 1. The van der Waals surface area contributed by atoms with Crippen molar-refractivity contribution in [3.8, 4) is 0 Å². The van der Waals surface area contributed by atoms with Crippen LogP contribution >= 0.6 is 38.9 Å². The lowest BCUT2D eigenvalue weighted by Gasteiger charge is -2.06. The van der Waals surface area contributed by atoms with Gasteiger partial charge in [0.25, 0.3) is 0 Å². The van der Waals surface area contributed by atoms with E-state index in [-0.39, 0.29) is 4.90 Å². The summed E-state index contributed by atoms with van der Waals surface area (Å²) >= 11 is 10.5. The Hall–Kier alpha value is -0.400. The lowest BCUT2D eigenvalue weighted by Crippen LogP contribution is -2.22. The number of hydrogen-bond acceptors (Lipinski definition) is 3. The van der Waals surface area contributed by atoms with E-state index >= 15 is 0 Å². The molecule has 0 aliphatic heterocycles. The highest BCUT2D eigenvalue weighted by molar-refractivity contribution is 9.10. The monoisotopic (exact) mass is 365 g/mol. The third kappa shape index (κ3) is 3.33. The second kappa shape index (κ2) is 5.71. The quantitative estimate of drug-likeness (QED) is 0.898. The lowest BCUT2D eigenvalue weighted by molar-refractivity contribution is 0.582. The third-order valence-electron chi connectivity index (χ3n) is 2.22. The molecular formula is C11H9BrClNO2S2. The number of benzene rings is 1. The van der Waals surface area contributed by atoms with Crippen LogP contribution in [-0.2, 0) is 16.6 Å². The van der Waals surface area contributed by atoms with Gasteiger partial charge in [-0.25, -0.2) is 13.1 Å². The Morgan fingerprint density at radius 2 is 2.11 bits per heavy atom. The van der Waals surface area contributed by atoms with E-state index in [2.05, 4.69) is 20.7 Å². The van der Waals surface area contributed by atoms with Gasteiger partial charge in [0.1, 0.15) is 0 Å². The van der Waals surface area contributed by atoms with Crippen LogP contribution in [0.2, 0.25) is 5.02 Å². The molecule has 0 saturated heterocycles. The smallest absolute Gasteiger partial charge is 0.207 e. The molecule has 0 fully saturated rings. The SMILES string of the molecule is O=S(=O)(NCc1cccs1)c1ccc(Cl)c(Br)c1. The molecule has 0 radical (unpaired) electrons. The first kappa shape index (κ1) is 14.0. The second-order valence-electron chi connectivity index (χ2n) is 3.48. The molecule has 0 amide bonds. The summed E-state index contributed by atoms with van der Waals surface area (Å²) in [5.74, 6) is 0. The van der Waals surface area contributed by atoms with Crippen LogP contribution in [0.4, 0.5) is 0 Å². The maximum absolute atomic E-state index is 12.0. The third-order valence-corrected chi connectivity index (χ3v) is 5.71. The fourth-order valence-electron chi connectivity index (χ4n) is 1.31. The molecule has 0 spiro atoms. The minimum atomic E-state index is -3.51. The van der Waals surface area contributed by atoms with Gasteiger partial charge in [0.2, 0.25) is 10.0 Å². The first-order chi connectivity index (χ1) is 8.49. The normalized spacial score (nSPS) is 11.7. The standard InChI is InChI=1S/C11H9BrClNO2S2/c12-10-6-9(3-4-11(10)13)18(15,16)14-7-8-2-1-5-17-8/h1-6,14H,7H2. The zero-order valence-corrected chi connectivity index (χ0v) is 13.0. The number of rotatable bonds is 4. The van der Waals surface area contributed by atoms with Gasteiger partial charge in [0.05, 0.1) is 9.92 Å². The van der Waals surface area contributed by atoms with Crippen LogP contribution in [-0.4, -0.2) is 8.42 Å². The van der Waals surface area contributed by atoms with E-state index in [1.165, 1.54) is 23.5 Å². The van der Waals surface area contributed by atoms with Crippen molar-refractivity contribution in [1.29, 1.82) is 0 Å². The highest BCUT2D eigenvalue weighted by Crippen LogP contribution is 2.25. The van der Waals surface area contributed by atoms with Crippen molar-refractivity contribution in [3.63, 3.8) is 0 Å². The second-order valence-corrected chi connectivity index (χ2v) is 7.54. The van der Waals surface area contributed by atoms with Gasteiger partial charge in [-0.15, -0.1) is 11.3 Å². The van der Waals surface area contributed by atoms with Crippen LogP contribution in [0.25, 0.3) is 0 Å². The molecule has 3 nitrogen and oxygen atoms in total. The Bertz CT molecular complexity index is 641. The van der Waals surface area contributed by atoms with Crippen molar-refractivity contribution >= 4 is 48.9 Å². The fraction of sp³-hybridized carbons (Fsp3) is 0.0909. The van der Waals surface area contributed by atoms with Crippen molar-refractivity contribution in [2.24, 2.45) is 0 Å². The molecule has 1 aromatic heterocycles. The Morgan fingerprint density at radius 1 is 1.33 bits per heavy atom. The molecule has 2 rings (SSSR count). The van der Waals surface area contributed by atoms with Gasteiger partial charge in [-0.1, -0.05) is 17.7 Å². The van der Waals surface area contributed by atoms with Crippen molar-refractivity contribution in [2.75, 3.05) is 0 Å². The lowest BCUT2D eigenvalue weighted by atomic mass is 10.4. The summed E-state index contributed by atoms with van der Waals surface area (Å²) in [5.41, 5.74) is 0. The Labute approximate surface area is 123 Å². The predicted molar refractivity (Wildman–Crippen MR) is 77.5 cm³/mol. The summed E-state index contributed by atoms with van der Waals surface area (Å²) < 4.78 is 27.1. The largest absolute Gasteiger partial charge is 0.240 e. The topological polar surface area (TPSA) is 46.2 Å². The summed E-state index contributed by atoms with van der Waals surface area (Å²) in [5, 5.41) is 2.38. The summed E-state index contributed by atoms with van der Waals surface area (Å²) in [6, 6.07) is 8.27. The van der Waals surface area contributed by atoms with Crippen LogP contribution in [0.15, 0.2) is 45.1 Å². The minimum Gasteiger partial charge on any atom is -0.207 e. The first-order valence-corrected chi connectivity index (χ1v) is 8.49. The highest BCUT2D eigenvalue weighted by atomic mass is 79.9. The number of thiophene rings is 1. The van der Waals surface area contributed by atoms with Gasteiger partial charge in [-0.05, 0) is 45.6 Å².